The van der Waals surface area contributed by atoms with Gasteiger partial charge in [-0.05, 0) is 60.2 Å². The Morgan fingerprint density at radius 1 is 0.931 bits per heavy atom. The molecule has 0 unspecified atom stereocenters. The molecule has 6 heteroatoms. The third-order valence-corrected chi connectivity index (χ3v) is 4.37. The van der Waals surface area contributed by atoms with Crippen molar-refractivity contribution in [1.82, 2.24) is 0 Å². The highest BCUT2D eigenvalue weighted by Gasteiger charge is 2.13. The first kappa shape index (κ1) is 18.4. The number of anilines is 1. The highest BCUT2D eigenvalue weighted by molar-refractivity contribution is 6.08. The molecule has 5 nitrogen and oxygen atoms in total. The Bertz CT molecular complexity index is 1110. The average Bonchev–Trinajstić information content (AvgIpc) is 3.20. The van der Waals surface area contributed by atoms with E-state index in [4.69, 9.17) is 9.47 Å². The maximum absolute atomic E-state index is 13.7. The molecule has 1 aliphatic rings. The van der Waals surface area contributed by atoms with Crippen LogP contribution in [0.5, 0.6) is 11.5 Å². The van der Waals surface area contributed by atoms with Gasteiger partial charge in [-0.3, -0.25) is 9.59 Å². The van der Waals surface area contributed by atoms with Crippen LogP contribution in [-0.2, 0) is 0 Å². The Morgan fingerprint density at radius 3 is 2.48 bits per heavy atom. The fourth-order valence-electron chi connectivity index (χ4n) is 2.85. The number of carbonyl (C=O) groups is 2. The van der Waals surface area contributed by atoms with Crippen molar-refractivity contribution in [2.24, 2.45) is 0 Å². The summed E-state index contributed by atoms with van der Waals surface area (Å²) in [4.78, 5) is 24.5. The lowest BCUT2D eigenvalue weighted by Gasteiger charge is -2.06. The zero-order valence-corrected chi connectivity index (χ0v) is 15.2. The number of benzene rings is 3. The number of hydrogen-bond acceptors (Lipinski definition) is 4. The molecule has 0 fully saturated rings. The molecule has 3 aromatic carbocycles. The molecule has 1 amide bonds. The molecule has 3 aromatic rings. The van der Waals surface area contributed by atoms with E-state index in [9.17, 15) is 14.0 Å². The predicted molar refractivity (Wildman–Crippen MR) is 107 cm³/mol. The Morgan fingerprint density at radius 2 is 1.69 bits per heavy atom. The summed E-state index contributed by atoms with van der Waals surface area (Å²) >= 11 is 0. The molecule has 1 N–H and O–H groups in total. The van der Waals surface area contributed by atoms with E-state index < -0.39 is 11.7 Å². The second-order valence-corrected chi connectivity index (χ2v) is 6.32. The Labute approximate surface area is 166 Å². The summed E-state index contributed by atoms with van der Waals surface area (Å²) in [7, 11) is 0. The van der Waals surface area contributed by atoms with Crippen molar-refractivity contribution in [2.75, 3.05) is 12.1 Å². The number of halogens is 1. The first-order chi connectivity index (χ1) is 14.1. The molecule has 0 saturated carbocycles. The fraction of sp³-hybridized carbons (Fsp3) is 0.0435. The van der Waals surface area contributed by atoms with Gasteiger partial charge in [0.05, 0.1) is 5.56 Å². The molecule has 1 aliphatic heterocycles. The van der Waals surface area contributed by atoms with Crippen molar-refractivity contribution in [3.8, 4) is 11.5 Å². The maximum atomic E-state index is 13.7. The molecule has 29 heavy (non-hydrogen) atoms. The van der Waals surface area contributed by atoms with Crippen molar-refractivity contribution in [3.63, 3.8) is 0 Å². The summed E-state index contributed by atoms with van der Waals surface area (Å²) in [5.74, 6) is 0.000947. The zero-order valence-electron chi connectivity index (χ0n) is 15.2. The van der Waals surface area contributed by atoms with Crippen molar-refractivity contribution in [2.45, 2.75) is 0 Å². The molecule has 0 radical (unpaired) electrons. The van der Waals surface area contributed by atoms with Crippen molar-refractivity contribution in [3.05, 3.63) is 95.3 Å². The van der Waals surface area contributed by atoms with E-state index in [1.54, 1.807) is 48.5 Å². The SMILES string of the molecule is O=C(C=Cc1ccc2c(c1)OCO2)c1ccc(NC(=O)c2ccccc2F)cc1. The number of nitrogens with one attached hydrogen (secondary N) is 1. The van der Waals surface area contributed by atoms with Gasteiger partial charge in [0.25, 0.3) is 5.91 Å². The normalized spacial score (nSPS) is 12.2. The van der Waals surface area contributed by atoms with Crippen LogP contribution >= 0.6 is 0 Å². The molecular weight excluding hydrogens is 373 g/mol. The quantitative estimate of drug-likeness (QED) is 0.507. The molecule has 0 atom stereocenters. The van der Waals surface area contributed by atoms with Crippen LogP contribution in [0.2, 0.25) is 0 Å². The van der Waals surface area contributed by atoms with Gasteiger partial charge in [0.2, 0.25) is 6.79 Å². The molecule has 4 rings (SSSR count). The van der Waals surface area contributed by atoms with Crippen molar-refractivity contribution in [1.29, 1.82) is 0 Å². The summed E-state index contributed by atoms with van der Waals surface area (Å²) in [6.07, 6.45) is 3.16. The second kappa shape index (κ2) is 7.98. The smallest absolute Gasteiger partial charge is 0.258 e. The van der Waals surface area contributed by atoms with Crippen LogP contribution in [0.25, 0.3) is 6.08 Å². The van der Waals surface area contributed by atoms with Gasteiger partial charge < -0.3 is 14.8 Å². The van der Waals surface area contributed by atoms with E-state index in [2.05, 4.69) is 5.32 Å². The van der Waals surface area contributed by atoms with E-state index in [1.807, 2.05) is 6.07 Å². The van der Waals surface area contributed by atoms with Crippen LogP contribution in [-0.4, -0.2) is 18.5 Å². The van der Waals surface area contributed by atoms with E-state index in [-0.39, 0.29) is 18.1 Å². The molecule has 144 valence electrons. The number of allylic oxidation sites excluding steroid dienone is 1. The first-order valence-electron chi connectivity index (χ1n) is 8.88. The zero-order chi connectivity index (χ0) is 20.2. The van der Waals surface area contributed by atoms with Crippen molar-refractivity contribution >= 4 is 23.5 Å². The number of ketones is 1. The van der Waals surface area contributed by atoms with Crippen LogP contribution < -0.4 is 14.8 Å². The van der Waals surface area contributed by atoms with Crippen LogP contribution in [0.4, 0.5) is 10.1 Å². The minimum atomic E-state index is -0.592. The van der Waals surface area contributed by atoms with E-state index >= 15 is 0 Å². The summed E-state index contributed by atoms with van der Waals surface area (Å²) in [5, 5.41) is 2.61. The molecule has 0 aromatic heterocycles. The number of carbonyl (C=O) groups excluding carboxylic acids is 2. The number of fused-ring (bicyclic) bond motifs is 1. The lowest BCUT2D eigenvalue weighted by atomic mass is 10.1. The monoisotopic (exact) mass is 389 g/mol. The molecule has 0 aliphatic carbocycles. The highest BCUT2D eigenvalue weighted by atomic mass is 19.1. The molecular formula is C23H16FNO4. The number of amides is 1. The van der Waals surface area contributed by atoms with Gasteiger partial charge in [-0.2, -0.15) is 0 Å². The first-order valence-corrected chi connectivity index (χ1v) is 8.88. The highest BCUT2D eigenvalue weighted by Crippen LogP contribution is 2.32. The second-order valence-electron chi connectivity index (χ2n) is 6.32. The van der Waals surface area contributed by atoms with Crippen LogP contribution in [0, 0.1) is 5.82 Å². The van der Waals surface area contributed by atoms with E-state index in [1.165, 1.54) is 24.3 Å². The number of hydrogen-bond donors (Lipinski definition) is 1. The third kappa shape index (κ3) is 4.16. The minimum absolute atomic E-state index is 0.0423. The van der Waals surface area contributed by atoms with Crippen LogP contribution in [0.1, 0.15) is 26.3 Å². The topological polar surface area (TPSA) is 64.6 Å². The largest absolute Gasteiger partial charge is 0.454 e. The Kier molecular flexibility index (Phi) is 5.07. The Hall–Kier alpha value is -3.93. The van der Waals surface area contributed by atoms with Crippen LogP contribution in [0.15, 0.2) is 72.8 Å². The van der Waals surface area contributed by atoms with Crippen LogP contribution in [0.3, 0.4) is 0 Å². The van der Waals surface area contributed by atoms with Gasteiger partial charge in [0.1, 0.15) is 5.82 Å². The lowest BCUT2D eigenvalue weighted by molar-refractivity contribution is 0.102. The fourth-order valence-corrected chi connectivity index (χ4v) is 2.85. The molecule has 0 spiro atoms. The molecule has 0 saturated heterocycles. The average molecular weight is 389 g/mol. The minimum Gasteiger partial charge on any atom is -0.454 e. The predicted octanol–water partition coefficient (Wildman–Crippen LogP) is 4.70. The summed E-state index contributed by atoms with van der Waals surface area (Å²) in [6, 6.07) is 17.6. The van der Waals surface area contributed by atoms with Crippen molar-refractivity contribution < 1.29 is 23.5 Å². The van der Waals surface area contributed by atoms with Gasteiger partial charge in [-0.15, -0.1) is 0 Å². The standard InChI is InChI=1S/C23H16FNO4/c24-19-4-2-1-3-18(19)23(27)25-17-9-7-16(8-10-17)20(26)11-5-15-6-12-21-22(13-15)29-14-28-21/h1-13H,14H2,(H,25,27). The Balaban J connectivity index is 1.41. The summed E-state index contributed by atoms with van der Waals surface area (Å²) < 4.78 is 24.3. The number of rotatable bonds is 5. The van der Waals surface area contributed by atoms with Gasteiger partial charge in [0.15, 0.2) is 17.3 Å². The van der Waals surface area contributed by atoms with E-state index in [0.29, 0.717) is 22.7 Å². The maximum Gasteiger partial charge on any atom is 0.258 e. The summed E-state index contributed by atoms with van der Waals surface area (Å²) in [5.41, 5.74) is 1.70. The van der Waals surface area contributed by atoms with Gasteiger partial charge in [-0.1, -0.05) is 24.3 Å². The third-order valence-electron chi connectivity index (χ3n) is 4.37. The number of ether oxygens (including phenoxy) is 2. The van der Waals surface area contributed by atoms with Gasteiger partial charge >= 0.3 is 0 Å². The molecule has 1 heterocycles. The lowest BCUT2D eigenvalue weighted by Crippen LogP contribution is -2.13. The van der Waals surface area contributed by atoms with Gasteiger partial charge in [0, 0.05) is 11.3 Å². The molecule has 0 bridgehead atoms. The van der Waals surface area contributed by atoms with E-state index in [0.717, 1.165) is 5.56 Å². The summed E-state index contributed by atoms with van der Waals surface area (Å²) in [6.45, 7) is 0.196. The van der Waals surface area contributed by atoms with Gasteiger partial charge in [-0.25, -0.2) is 4.39 Å².